The highest BCUT2D eigenvalue weighted by molar-refractivity contribution is 7.17. The first kappa shape index (κ1) is 19.0. The van der Waals surface area contributed by atoms with Crippen LogP contribution in [0.3, 0.4) is 0 Å². The van der Waals surface area contributed by atoms with Crippen LogP contribution in [0, 0.1) is 13.8 Å². The number of amides is 2. The van der Waals surface area contributed by atoms with Gasteiger partial charge in [-0.05, 0) is 13.8 Å². The zero-order valence-corrected chi connectivity index (χ0v) is 16.6. The Morgan fingerprint density at radius 1 is 1.27 bits per heavy atom. The molecule has 8 nitrogen and oxygen atoms in total. The predicted octanol–water partition coefficient (Wildman–Crippen LogP) is 2.30. The molecule has 140 valence electrons. The van der Waals surface area contributed by atoms with E-state index >= 15 is 0 Å². The Labute approximate surface area is 163 Å². The molecular weight excluding hydrogens is 401 g/mol. The van der Waals surface area contributed by atoms with Crippen LogP contribution in [0.15, 0.2) is 0 Å². The molecule has 0 saturated carbocycles. The number of rotatable bonds is 5. The average molecular weight is 418 g/mol. The van der Waals surface area contributed by atoms with Gasteiger partial charge in [0.1, 0.15) is 10.6 Å². The summed E-state index contributed by atoms with van der Waals surface area (Å²) >= 11 is 13.3. The minimum atomic E-state index is -0.326. The molecule has 3 N–H and O–H groups in total. The average Bonchev–Trinajstić information content (AvgIpc) is 3.06. The van der Waals surface area contributed by atoms with Crippen LogP contribution in [-0.2, 0) is 4.84 Å². The zero-order chi connectivity index (χ0) is 19.0. The number of hydroxylamine groups is 1. The quantitative estimate of drug-likeness (QED) is 0.648. The number of hydrogen-bond donors (Lipinski definition) is 3. The molecule has 0 radical (unpaired) electrons. The first-order chi connectivity index (χ1) is 12.3. The predicted molar refractivity (Wildman–Crippen MR) is 100 cm³/mol. The van der Waals surface area contributed by atoms with Crippen LogP contribution >= 0.6 is 34.5 Å². The summed E-state index contributed by atoms with van der Waals surface area (Å²) in [5.74, 6) is -0.627. The van der Waals surface area contributed by atoms with E-state index < -0.39 is 0 Å². The van der Waals surface area contributed by atoms with Crippen molar-refractivity contribution in [3.05, 3.63) is 32.0 Å². The molecular formula is C15H17Cl2N5O3S. The number of carbonyl (C=O) groups excluding carboxylic acids is 2. The standard InChI is InChI=1S/C15H17Cl2N5O3S/c1-6-9(16)10(17)11(18-6)13(23)20-8-4-22(5-8)15-19-7(2)12(26-15)14(24)21-25-3/h8,18H,4-5H2,1-3H3,(H,20,23)(H,21,24). The zero-order valence-electron chi connectivity index (χ0n) is 14.3. The molecule has 3 rings (SSSR count). The SMILES string of the molecule is CONC(=O)c1sc(N2CC(NC(=O)c3[nH]c(C)c(Cl)c3Cl)C2)nc1C. The van der Waals surface area contributed by atoms with Crippen molar-refractivity contribution in [1.82, 2.24) is 20.8 Å². The van der Waals surface area contributed by atoms with Crippen LogP contribution in [0.4, 0.5) is 5.13 Å². The third-order valence-corrected chi connectivity index (χ3v) is 6.12. The molecule has 1 aliphatic heterocycles. The third-order valence-electron chi connectivity index (χ3n) is 3.95. The summed E-state index contributed by atoms with van der Waals surface area (Å²) in [5, 5.41) is 4.21. The van der Waals surface area contributed by atoms with E-state index in [0.29, 0.717) is 34.4 Å². The molecule has 2 aromatic rings. The van der Waals surface area contributed by atoms with Gasteiger partial charge in [-0.25, -0.2) is 10.5 Å². The van der Waals surface area contributed by atoms with Crippen molar-refractivity contribution in [1.29, 1.82) is 0 Å². The molecule has 26 heavy (non-hydrogen) atoms. The van der Waals surface area contributed by atoms with Crippen molar-refractivity contribution >= 4 is 51.5 Å². The van der Waals surface area contributed by atoms with Gasteiger partial charge < -0.3 is 15.2 Å². The number of aromatic amines is 1. The van der Waals surface area contributed by atoms with Crippen molar-refractivity contribution in [2.45, 2.75) is 19.9 Å². The Bertz CT molecular complexity index is 860. The molecule has 11 heteroatoms. The number of carbonyl (C=O) groups is 2. The van der Waals surface area contributed by atoms with Crippen molar-refractivity contribution < 1.29 is 14.4 Å². The Kier molecular flexibility index (Phi) is 5.42. The maximum atomic E-state index is 12.3. The van der Waals surface area contributed by atoms with Crippen LogP contribution in [0.1, 0.15) is 31.5 Å². The molecule has 0 bridgehead atoms. The number of nitrogens with one attached hydrogen (secondary N) is 3. The van der Waals surface area contributed by atoms with E-state index in [4.69, 9.17) is 23.2 Å². The van der Waals surface area contributed by atoms with Gasteiger partial charge >= 0.3 is 0 Å². The number of anilines is 1. The second-order valence-electron chi connectivity index (χ2n) is 5.87. The van der Waals surface area contributed by atoms with Gasteiger partial charge in [0.05, 0.1) is 28.9 Å². The summed E-state index contributed by atoms with van der Waals surface area (Å²) in [6.45, 7) is 4.70. The highest BCUT2D eigenvalue weighted by atomic mass is 35.5. The largest absolute Gasteiger partial charge is 0.352 e. The Hall–Kier alpha value is -1.81. The van der Waals surface area contributed by atoms with Gasteiger partial charge in [-0.1, -0.05) is 34.5 Å². The summed E-state index contributed by atoms with van der Waals surface area (Å²) in [7, 11) is 1.38. The molecule has 1 fully saturated rings. The molecule has 2 aromatic heterocycles. The Balaban J connectivity index is 1.59. The molecule has 0 aromatic carbocycles. The number of aromatic nitrogens is 2. The van der Waals surface area contributed by atoms with Gasteiger partial charge in [-0.15, -0.1) is 0 Å². The summed E-state index contributed by atoms with van der Waals surface area (Å²) in [5.41, 5.74) is 3.83. The first-order valence-corrected chi connectivity index (χ1v) is 9.29. The number of thiazole rings is 1. The minimum Gasteiger partial charge on any atom is -0.352 e. The summed E-state index contributed by atoms with van der Waals surface area (Å²) in [6, 6.07) is -0.0404. The van der Waals surface area contributed by atoms with E-state index in [0.717, 1.165) is 5.13 Å². The van der Waals surface area contributed by atoms with E-state index in [1.807, 2.05) is 4.90 Å². The van der Waals surface area contributed by atoms with E-state index in [1.165, 1.54) is 18.4 Å². The molecule has 1 saturated heterocycles. The van der Waals surface area contributed by atoms with Gasteiger partial charge in [0.25, 0.3) is 11.8 Å². The van der Waals surface area contributed by atoms with E-state index in [9.17, 15) is 9.59 Å². The molecule has 3 heterocycles. The molecule has 0 unspecified atom stereocenters. The number of halogens is 2. The van der Waals surface area contributed by atoms with E-state index in [2.05, 4.69) is 25.6 Å². The highest BCUT2D eigenvalue weighted by Gasteiger charge is 2.32. The summed E-state index contributed by atoms with van der Waals surface area (Å²) in [6.07, 6.45) is 0. The Morgan fingerprint density at radius 3 is 2.54 bits per heavy atom. The second kappa shape index (κ2) is 7.43. The second-order valence-corrected chi connectivity index (χ2v) is 7.61. The first-order valence-electron chi connectivity index (χ1n) is 7.72. The van der Waals surface area contributed by atoms with E-state index in [-0.39, 0.29) is 28.6 Å². The lowest BCUT2D eigenvalue weighted by Crippen LogP contribution is -2.59. The molecule has 1 aliphatic rings. The monoisotopic (exact) mass is 417 g/mol. The molecule has 0 spiro atoms. The summed E-state index contributed by atoms with van der Waals surface area (Å²) < 4.78 is 0. The van der Waals surface area contributed by atoms with Gasteiger partial charge in [0, 0.05) is 18.8 Å². The molecule has 0 atom stereocenters. The number of aryl methyl sites for hydroxylation is 2. The van der Waals surface area contributed by atoms with Gasteiger partial charge in [-0.3, -0.25) is 14.4 Å². The van der Waals surface area contributed by atoms with Crippen LogP contribution in [0.25, 0.3) is 0 Å². The molecule has 2 amide bonds. The van der Waals surface area contributed by atoms with Gasteiger partial charge in [-0.2, -0.15) is 0 Å². The maximum absolute atomic E-state index is 12.3. The van der Waals surface area contributed by atoms with Gasteiger partial charge in [0.2, 0.25) is 0 Å². The minimum absolute atomic E-state index is 0.0404. The number of hydrogen-bond acceptors (Lipinski definition) is 6. The maximum Gasteiger partial charge on any atom is 0.286 e. The summed E-state index contributed by atoms with van der Waals surface area (Å²) in [4.78, 5) is 38.6. The lowest BCUT2D eigenvalue weighted by Gasteiger charge is -2.39. The van der Waals surface area contributed by atoms with Crippen molar-refractivity contribution in [2.75, 3.05) is 25.1 Å². The smallest absolute Gasteiger partial charge is 0.286 e. The highest BCUT2D eigenvalue weighted by Crippen LogP contribution is 2.31. The van der Waals surface area contributed by atoms with Crippen molar-refractivity contribution in [3.8, 4) is 0 Å². The lowest BCUT2D eigenvalue weighted by molar-refractivity contribution is 0.0541. The van der Waals surface area contributed by atoms with Crippen LogP contribution in [-0.4, -0.2) is 48.0 Å². The van der Waals surface area contributed by atoms with Gasteiger partial charge in [0.15, 0.2) is 5.13 Å². The van der Waals surface area contributed by atoms with Crippen LogP contribution in [0.5, 0.6) is 0 Å². The van der Waals surface area contributed by atoms with Crippen molar-refractivity contribution in [3.63, 3.8) is 0 Å². The van der Waals surface area contributed by atoms with Crippen LogP contribution in [0.2, 0.25) is 10.0 Å². The van der Waals surface area contributed by atoms with E-state index in [1.54, 1.807) is 13.8 Å². The normalized spacial score (nSPS) is 14.3. The van der Waals surface area contributed by atoms with Crippen molar-refractivity contribution in [2.24, 2.45) is 0 Å². The molecule has 0 aliphatic carbocycles. The third kappa shape index (κ3) is 3.52. The Morgan fingerprint density at radius 2 is 1.96 bits per heavy atom. The van der Waals surface area contributed by atoms with Crippen LogP contribution < -0.4 is 15.7 Å². The fourth-order valence-corrected chi connectivity index (χ4v) is 3.97. The number of nitrogens with zero attached hydrogens (tertiary/aromatic N) is 2. The lowest BCUT2D eigenvalue weighted by atomic mass is 10.1. The topological polar surface area (TPSA) is 99.4 Å². The number of H-pyrrole nitrogens is 1. The fraction of sp³-hybridized carbons (Fsp3) is 0.400. The fourth-order valence-electron chi connectivity index (χ4n) is 2.58.